The van der Waals surface area contributed by atoms with Crippen molar-refractivity contribution in [2.45, 2.75) is 13.3 Å². The second-order valence-corrected chi connectivity index (χ2v) is 6.85. The van der Waals surface area contributed by atoms with Crippen molar-refractivity contribution in [3.63, 3.8) is 0 Å². The van der Waals surface area contributed by atoms with Crippen LogP contribution in [0, 0.1) is 22.9 Å². The maximum Gasteiger partial charge on any atom is 0.276 e. The minimum Gasteiger partial charge on any atom is -0.352 e. The summed E-state index contributed by atoms with van der Waals surface area (Å²) in [5.41, 5.74) is -0.515. The fourth-order valence-electron chi connectivity index (χ4n) is 3.22. The zero-order valence-corrected chi connectivity index (χ0v) is 16.2. The van der Waals surface area contributed by atoms with Gasteiger partial charge >= 0.3 is 0 Å². The number of hydrogen-bond acceptors (Lipinski definition) is 7. The highest BCUT2D eigenvalue weighted by molar-refractivity contribution is 5.95. The van der Waals surface area contributed by atoms with Crippen molar-refractivity contribution in [3.05, 3.63) is 57.7 Å². The van der Waals surface area contributed by atoms with Gasteiger partial charge < -0.3 is 10.2 Å². The molecule has 1 aliphatic rings. The number of aromatic nitrogens is 2. The monoisotopic (exact) mass is 402 g/mol. The highest BCUT2D eigenvalue weighted by Crippen LogP contribution is 2.22. The molecule has 1 aromatic heterocycles. The molecule has 1 aromatic carbocycles. The molecule has 0 spiro atoms. The first kappa shape index (κ1) is 20.6. The Kier molecular flexibility index (Phi) is 6.65. The van der Waals surface area contributed by atoms with Crippen molar-refractivity contribution in [3.8, 4) is 0 Å². The smallest absolute Gasteiger partial charge is 0.276 e. The van der Waals surface area contributed by atoms with Crippen LogP contribution in [0.25, 0.3) is 0 Å². The molecule has 0 aliphatic carbocycles. The Hall–Kier alpha value is -3.14. The van der Waals surface area contributed by atoms with Gasteiger partial charge in [-0.25, -0.2) is 14.4 Å². The molecule has 0 atom stereocenters. The van der Waals surface area contributed by atoms with Crippen LogP contribution in [0.3, 0.4) is 0 Å². The van der Waals surface area contributed by atoms with E-state index < -0.39 is 22.3 Å². The number of nitro groups is 1. The number of halogens is 1. The van der Waals surface area contributed by atoms with Gasteiger partial charge in [-0.05, 0) is 32.0 Å². The van der Waals surface area contributed by atoms with E-state index in [2.05, 4.69) is 25.1 Å². The van der Waals surface area contributed by atoms with E-state index in [-0.39, 0.29) is 11.1 Å². The zero-order valence-electron chi connectivity index (χ0n) is 16.2. The fraction of sp³-hybridized carbons (Fsp3) is 0.421. The van der Waals surface area contributed by atoms with E-state index in [0.29, 0.717) is 6.54 Å². The third-order valence-electron chi connectivity index (χ3n) is 4.92. The van der Waals surface area contributed by atoms with E-state index in [1.54, 1.807) is 18.5 Å². The Morgan fingerprint density at radius 1 is 1.24 bits per heavy atom. The number of carbonyl (C=O) groups excluding carboxylic acids is 1. The molecule has 0 saturated carbocycles. The molecule has 1 fully saturated rings. The number of carbonyl (C=O) groups is 1. The SMILES string of the molecule is Cc1c(F)cc(C(=O)NCCCN2CCN(c3ncccn3)CC2)cc1[N+](=O)[O-]. The lowest BCUT2D eigenvalue weighted by Crippen LogP contribution is -2.47. The van der Waals surface area contributed by atoms with E-state index >= 15 is 0 Å². The number of benzene rings is 1. The molecule has 1 N–H and O–H groups in total. The maximum atomic E-state index is 13.8. The van der Waals surface area contributed by atoms with Gasteiger partial charge in [0.1, 0.15) is 5.82 Å². The predicted octanol–water partition coefficient (Wildman–Crippen LogP) is 1.77. The number of amides is 1. The van der Waals surface area contributed by atoms with Crippen molar-refractivity contribution < 1.29 is 14.1 Å². The molecule has 1 aliphatic heterocycles. The molecule has 1 amide bonds. The van der Waals surface area contributed by atoms with Crippen molar-refractivity contribution in [1.82, 2.24) is 20.2 Å². The second kappa shape index (κ2) is 9.37. The summed E-state index contributed by atoms with van der Waals surface area (Å²) < 4.78 is 13.8. The minimum atomic E-state index is -0.760. The number of nitrogens with one attached hydrogen (secondary N) is 1. The van der Waals surface area contributed by atoms with Crippen molar-refractivity contribution in [2.24, 2.45) is 0 Å². The Morgan fingerprint density at radius 3 is 2.59 bits per heavy atom. The number of hydrogen-bond donors (Lipinski definition) is 1. The summed E-state index contributed by atoms with van der Waals surface area (Å²) in [7, 11) is 0. The Labute approximate surface area is 167 Å². The average molecular weight is 402 g/mol. The minimum absolute atomic E-state index is 0.0451. The lowest BCUT2D eigenvalue weighted by atomic mass is 10.1. The van der Waals surface area contributed by atoms with Crippen LogP contribution in [0.1, 0.15) is 22.3 Å². The standard InChI is InChI=1S/C19H23FN6O3/c1-14-16(20)12-15(13-17(14)26(28)29)18(27)21-6-3-7-24-8-10-25(11-9-24)19-22-4-2-5-23-19/h2,4-5,12-13H,3,6-11H2,1H3,(H,21,27). The normalized spacial score (nSPS) is 14.6. The lowest BCUT2D eigenvalue weighted by Gasteiger charge is -2.34. The molecule has 2 heterocycles. The third-order valence-corrected chi connectivity index (χ3v) is 4.92. The van der Waals surface area contributed by atoms with E-state index in [1.165, 1.54) is 6.92 Å². The molecule has 10 heteroatoms. The first-order valence-electron chi connectivity index (χ1n) is 9.43. The number of nitro benzene ring substituents is 1. The molecule has 3 rings (SSSR count). The number of piperazine rings is 1. The highest BCUT2D eigenvalue weighted by Gasteiger charge is 2.20. The molecule has 0 unspecified atom stereocenters. The van der Waals surface area contributed by atoms with Crippen LogP contribution in [0.15, 0.2) is 30.6 Å². The quantitative estimate of drug-likeness (QED) is 0.428. The summed E-state index contributed by atoms with van der Waals surface area (Å²) in [6, 6.07) is 3.93. The molecule has 154 valence electrons. The van der Waals surface area contributed by atoms with Gasteiger partial charge in [-0.2, -0.15) is 0 Å². The third kappa shape index (κ3) is 5.23. The summed E-state index contributed by atoms with van der Waals surface area (Å²) in [5.74, 6) is -0.540. The van der Waals surface area contributed by atoms with Crippen LogP contribution >= 0.6 is 0 Å². The summed E-state index contributed by atoms with van der Waals surface area (Å²) in [5, 5.41) is 13.7. The maximum absolute atomic E-state index is 13.8. The summed E-state index contributed by atoms with van der Waals surface area (Å²) >= 11 is 0. The van der Waals surface area contributed by atoms with Gasteiger partial charge in [-0.3, -0.25) is 19.8 Å². The van der Waals surface area contributed by atoms with Gasteiger partial charge in [0.15, 0.2) is 0 Å². The molecule has 1 saturated heterocycles. The predicted molar refractivity (Wildman–Crippen MR) is 105 cm³/mol. The Balaban J connectivity index is 1.42. The van der Waals surface area contributed by atoms with Crippen LogP contribution in [-0.4, -0.2) is 65.0 Å². The molecule has 29 heavy (non-hydrogen) atoms. The van der Waals surface area contributed by atoms with Gasteiger partial charge in [-0.15, -0.1) is 0 Å². The van der Waals surface area contributed by atoms with Crippen LogP contribution in [0.2, 0.25) is 0 Å². The van der Waals surface area contributed by atoms with Crippen molar-refractivity contribution >= 4 is 17.5 Å². The second-order valence-electron chi connectivity index (χ2n) is 6.85. The molecule has 2 aromatic rings. The topological polar surface area (TPSA) is 104 Å². The fourth-order valence-corrected chi connectivity index (χ4v) is 3.22. The molecular formula is C19H23FN6O3. The average Bonchev–Trinajstić information content (AvgIpc) is 2.73. The summed E-state index contributed by atoms with van der Waals surface area (Å²) in [6.07, 6.45) is 4.18. The Bertz CT molecular complexity index is 872. The molecular weight excluding hydrogens is 379 g/mol. The molecule has 0 bridgehead atoms. The number of nitrogens with zero attached hydrogens (tertiary/aromatic N) is 5. The van der Waals surface area contributed by atoms with Gasteiger partial charge in [0.05, 0.1) is 10.5 Å². The molecule has 9 nitrogen and oxygen atoms in total. The van der Waals surface area contributed by atoms with E-state index in [0.717, 1.165) is 57.2 Å². The number of anilines is 1. The van der Waals surface area contributed by atoms with Crippen LogP contribution < -0.4 is 10.2 Å². The van der Waals surface area contributed by atoms with Crippen molar-refractivity contribution in [1.29, 1.82) is 0 Å². The van der Waals surface area contributed by atoms with E-state index in [9.17, 15) is 19.3 Å². The van der Waals surface area contributed by atoms with Crippen LogP contribution in [0.5, 0.6) is 0 Å². The highest BCUT2D eigenvalue weighted by atomic mass is 19.1. The van der Waals surface area contributed by atoms with Crippen LogP contribution in [0.4, 0.5) is 16.0 Å². The lowest BCUT2D eigenvalue weighted by molar-refractivity contribution is -0.385. The first-order chi connectivity index (χ1) is 14.0. The summed E-state index contributed by atoms with van der Waals surface area (Å²) in [4.78, 5) is 35.5. The van der Waals surface area contributed by atoms with Gasteiger partial charge in [0.25, 0.3) is 11.6 Å². The van der Waals surface area contributed by atoms with E-state index in [1.807, 2.05) is 0 Å². The first-order valence-corrected chi connectivity index (χ1v) is 9.43. The van der Waals surface area contributed by atoms with Crippen LogP contribution in [-0.2, 0) is 0 Å². The van der Waals surface area contributed by atoms with Gasteiger partial charge in [0.2, 0.25) is 5.95 Å². The zero-order chi connectivity index (χ0) is 20.8. The molecule has 0 radical (unpaired) electrons. The van der Waals surface area contributed by atoms with Crippen molar-refractivity contribution in [2.75, 3.05) is 44.2 Å². The number of rotatable bonds is 7. The van der Waals surface area contributed by atoms with Gasteiger partial charge in [-0.1, -0.05) is 0 Å². The van der Waals surface area contributed by atoms with Gasteiger partial charge in [0, 0.05) is 56.7 Å². The van der Waals surface area contributed by atoms with E-state index in [4.69, 9.17) is 0 Å². The summed E-state index contributed by atoms with van der Waals surface area (Å²) in [6.45, 7) is 5.96. The Morgan fingerprint density at radius 2 is 1.93 bits per heavy atom. The largest absolute Gasteiger partial charge is 0.352 e.